The van der Waals surface area contributed by atoms with E-state index in [9.17, 15) is 9.18 Å². The third-order valence-electron chi connectivity index (χ3n) is 8.59. The summed E-state index contributed by atoms with van der Waals surface area (Å²) in [4.78, 5) is 29.9. The molecular weight excluding hydrogens is 579 g/mol. The topological polar surface area (TPSA) is 106 Å². The number of esters is 1. The number of aromatic nitrogens is 4. The number of fused-ring (bicyclic) bond motifs is 2. The first-order chi connectivity index (χ1) is 21.5. The molecular formula is C33H29FN6O3S. The quantitative estimate of drug-likeness (QED) is 0.197. The molecule has 0 N–H and O–H groups in total. The van der Waals surface area contributed by atoms with Crippen LogP contribution in [0.3, 0.4) is 0 Å². The molecule has 222 valence electrons. The van der Waals surface area contributed by atoms with E-state index >= 15 is 0 Å². The zero-order valence-corrected chi connectivity index (χ0v) is 24.8. The summed E-state index contributed by atoms with van der Waals surface area (Å²) >= 11 is 1.60. The number of nitriles is 1. The first kappa shape index (κ1) is 28.1. The van der Waals surface area contributed by atoms with E-state index in [4.69, 9.17) is 24.7 Å². The highest BCUT2D eigenvalue weighted by molar-refractivity contribution is 7.09. The van der Waals surface area contributed by atoms with Crippen LogP contribution in [0.25, 0.3) is 11.0 Å². The Morgan fingerprint density at radius 1 is 1.16 bits per heavy atom. The minimum Gasteiger partial charge on any atom is -0.473 e. The van der Waals surface area contributed by atoms with Gasteiger partial charge < -0.3 is 14.0 Å². The molecule has 1 aliphatic carbocycles. The second kappa shape index (κ2) is 11.8. The lowest BCUT2D eigenvalue weighted by Crippen LogP contribution is -2.35. The summed E-state index contributed by atoms with van der Waals surface area (Å²) in [5.41, 5.74) is 5.74. The Balaban J connectivity index is 1.06. The van der Waals surface area contributed by atoms with E-state index in [-0.39, 0.29) is 18.1 Å². The largest absolute Gasteiger partial charge is 0.473 e. The Hall–Kier alpha value is -4.66. The summed E-state index contributed by atoms with van der Waals surface area (Å²) in [7, 11) is 1.39. The van der Waals surface area contributed by atoms with Gasteiger partial charge in [-0.25, -0.2) is 19.2 Å². The molecule has 5 aromatic rings. The smallest absolute Gasteiger partial charge is 0.337 e. The Morgan fingerprint density at radius 3 is 2.86 bits per heavy atom. The molecule has 4 heterocycles. The molecule has 1 saturated heterocycles. The molecule has 11 heteroatoms. The molecule has 0 bridgehead atoms. The fourth-order valence-corrected chi connectivity index (χ4v) is 6.86. The summed E-state index contributed by atoms with van der Waals surface area (Å²) < 4.78 is 27.3. The van der Waals surface area contributed by atoms with Crippen molar-refractivity contribution in [3.8, 4) is 11.9 Å². The number of hydrogen-bond acceptors (Lipinski definition) is 9. The van der Waals surface area contributed by atoms with Crippen molar-refractivity contribution >= 4 is 28.3 Å². The molecule has 2 aliphatic rings. The van der Waals surface area contributed by atoms with Crippen molar-refractivity contribution < 1.29 is 18.7 Å². The number of halogens is 1. The van der Waals surface area contributed by atoms with Gasteiger partial charge >= 0.3 is 5.97 Å². The van der Waals surface area contributed by atoms with E-state index in [2.05, 4.69) is 20.5 Å². The lowest BCUT2D eigenvalue weighted by atomic mass is 9.92. The van der Waals surface area contributed by atoms with E-state index < -0.39 is 5.82 Å². The summed E-state index contributed by atoms with van der Waals surface area (Å²) in [6.07, 6.45) is 3.93. The number of carbonyl (C=O) groups excluding carboxylic acids is 1. The van der Waals surface area contributed by atoms with Crippen molar-refractivity contribution in [2.24, 2.45) is 5.92 Å². The Morgan fingerprint density at radius 2 is 2.07 bits per heavy atom. The normalized spacial score (nSPS) is 19.3. The SMILES string of the molecule is COC(=O)c1ccc2nc(CN3CCC(c4cccc(OCc5ccc(C#N)cc5F)n4)C4CC43)n(Cc3cncs3)c2c1. The van der Waals surface area contributed by atoms with Gasteiger partial charge in [-0.2, -0.15) is 5.26 Å². The average molecular weight is 609 g/mol. The zero-order valence-electron chi connectivity index (χ0n) is 24.0. The van der Waals surface area contributed by atoms with Crippen molar-refractivity contribution in [2.75, 3.05) is 13.7 Å². The van der Waals surface area contributed by atoms with E-state index in [1.54, 1.807) is 35.6 Å². The Kier molecular flexibility index (Phi) is 7.54. The number of piperidine rings is 1. The lowest BCUT2D eigenvalue weighted by molar-refractivity contribution is 0.0601. The van der Waals surface area contributed by atoms with Gasteiger partial charge in [0.15, 0.2) is 0 Å². The molecule has 0 radical (unpaired) electrons. The van der Waals surface area contributed by atoms with Crippen LogP contribution in [0.15, 0.2) is 66.3 Å². The molecule has 2 fully saturated rings. The number of thiazole rings is 1. The van der Waals surface area contributed by atoms with Gasteiger partial charge in [0.1, 0.15) is 18.2 Å². The molecule has 44 heavy (non-hydrogen) atoms. The van der Waals surface area contributed by atoms with Crippen LogP contribution < -0.4 is 4.74 Å². The van der Waals surface area contributed by atoms with Crippen LogP contribution in [0.2, 0.25) is 0 Å². The second-order valence-corrected chi connectivity index (χ2v) is 12.2. The maximum absolute atomic E-state index is 14.3. The van der Waals surface area contributed by atoms with Crippen LogP contribution in [0.4, 0.5) is 4.39 Å². The maximum Gasteiger partial charge on any atom is 0.337 e. The van der Waals surface area contributed by atoms with Crippen LogP contribution in [0.1, 0.15) is 56.6 Å². The first-order valence-electron chi connectivity index (χ1n) is 14.5. The fourth-order valence-electron chi connectivity index (χ4n) is 6.28. The average Bonchev–Trinajstić information content (AvgIpc) is 3.56. The van der Waals surface area contributed by atoms with Gasteiger partial charge in [-0.3, -0.25) is 9.88 Å². The van der Waals surface area contributed by atoms with Gasteiger partial charge in [0.05, 0.1) is 53.9 Å². The van der Waals surface area contributed by atoms with Gasteiger partial charge in [0.2, 0.25) is 5.88 Å². The standard InChI is InChI=1S/C33H29FN6O3S/c1-42-33(41)21-7-8-28-30(12-21)40(16-23-15-36-19-44-23)31(37-28)17-39-10-9-24(25-13-29(25)39)27-3-2-4-32(38-27)43-18-22-6-5-20(14-35)11-26(22)34/h2-8,11-12,15,19,24-25,29H,9-10,13,16-18H2,1H3. The van der Waals surface area contributed by atoms with Crippen molar-refractivity contribution in [3.05, 3.63) is 105 Å². The van der Waals surface area contributed by atoms with Gasteiger partial charge in [-0.15, -0.1) is 11.3 Å². The summed E-state index contributed by atoms with van der Waals surface area (Å²) in [6, 6.07) is 18.1. The maximum atomic E-state index is 14.3. The molecule has 9 nitrogen and oxygen atoms in total. The second-order valence-electron chi connectivity index (χ2n) is 11.2. The number of methoxy groups -OCH3 is 1. The summed E-state index contributed by atoms with van der Waals surface area (Å²) in [5, 5.41) is 8.97. The Labute approximate surface area is 257 Å². The van der Waals surface area contributed by atoms with Crippen LogP contribution in [0, 0.1) is 23.1 Å². The van der Waals surface area contributed by atoms with Crippen molar-refractivity contribution in [3.63, 3.8) is 0 Å². The highest BCUT2D eigenvalue weighted by Gasteiger charge is 2.50. The number of nitrogens with zero attached hydrogens (tertiary/aromatic N) is 6. The monoisotopic (exact) mass is 608 g/mol. The number of rotatable bonds is 9. The predicted octanol–water partition coefficient (Wildman–Crippen LogP) is 5.69. The molecule has 0 spiro atoms. The van der Waals surface area contributed by atoms with Crippen LogP contribution in [-0.4, -0.2) is 50.1 Å². The first-order valence-corrected chi connectivity index (χ1v) is 15.4. The third-order valence-corrected chi connectivity index (χ3v) is 9.36. The minimum absolute atomic E-state index is 0.0438. The highest BCUT2D eigenvalue weighted by Crippen LogP contribution is 2.51. The number of carbonyl (C=O) groups is 1. The molecule has 2 aromatic carbocycles. The number of benzene rings is 2. The molecule has 3 aromatic heterocycles. The highest BCUT2D eigenvalue weighted by atomic mass is 32.1. The van der Waals surface area contributed by atoms with Crippen LogP contribution in [-0.2, 0) is 24.4 Å². The van der Waals surface area contributed by atoms with E-state index in [1.807, 2.05) is 36.0 Å². The molecule has 3 unspecified atom stereocenters. The van der Waals surface area contributed by atoms with Crippen LogP contribution in [0.5, 0.6) is 5.88 Å². The summed E-state index contributed by atoms with van der Waals surface area (Å²) in [5.74, 6) is 1.42. The molecule has 7 rings (SSSR count). The molecule has 1 aliphatic heterocycles. The van der Waals surface area contributed by atoms with E-state index in [0.717, 1.165) is 46.8 Å². The lowest BCUT2D eigenvalue weighted by Gasteiger charge is -2.31. The van der Waals surface area contributed by atoms with Crippen molar-refractivity contribution in [2.45, 2.75) is 44.5 Å². The summed E-state index contributed by atoms with van der Waals surface area (Å²) in [6.45, 7) is 2.30. The predicted molar refractivity (Wildman–Crippen MR) is 162 cm³/mol. The van der Waals surface area contributed by atoms with Gasteiger partial charge in [-0.1, -0.05) is 12.1 Å². The number of ether oxygens (including phenoxy) is 2. The van der Waals surface area contributed by atoms with E-state index in [0.29, 0.717) is 48.0 Å². The molecule has 3 atom stereocenters. The molecule has 0 amide bonds. The van der Waals surface area contributed by atoms with E-state index in [1.165, 1.54) is 13.2 Å². The fraction of sp³-hybridized carbons (Fsp3) is 0.303. The van der Waals surface area contributed by atoms with Gasteiger partial charge in [0.25, 0.3) is 0 Å². The van der Waals surface area contributed by atoms with Gasteiger partial charge in [0, 0.05) is 40.4 Å². The number of imidazole rings is 1. The van der Waals surface area contributed by atoms with Crippen molar-refractivity contribution in [1.29, 1.82) is 5.26 Å². The molecule has 1 saturated carbocycles. The number of pyridine rings is 1. The van der Waals surface area contributed by atoms with Crippen molar-refractivity contribution in [1.82, 2.24) is 24.4 Å². The number of likely N-dealkylation sites (tertiary alicyclic amines) is 1. The van der Waals surface area contributed by atoms with Gasteiger partial charge in [-0.05, 0) is 61.7 Å². The third kappa shape index (κ3) is 5.54. The zero-order chi connectivity index (χ0) is 30.2. The Bertz CT molecular complexity index is 1880. The minimum atomic E-state index is -0.460. The number of hydrogen-bond donors (Lipinski definition) is 0. The van der Waals surface area contributed by atoms with Crippen LogP contribution >= 0.6 is 11.3 Å².